The average molecular weight is 476 g/mol. The Morgan fingerprint density at radius 2 is 1.39 bits per heavy atom. The van der Waals surface area contributed by atoms with E-state index >= 15 is 0 Å². The van der Waals surface area contributed by atoms with Crippen molar-refractivity contribution >= 4 is 29.7 Å². The second-order valence-corrected chi connectivity index (χ2v) is 8.31. The molecule has 0 aromatic heterocycles. The third kappa shape index (κ3) is 12.2. The van der Waals surface area contributed by atoms with Crippen molar-refractivity contribution in [1.82, 2.24) is 16.0 Å². The van der Waals surface area contributed by atoms with Crippen LogP contribution in [0.3, 0.4) is 0 Å². The van der Waals surface area contributed by atoms with Gasteiger partial charge in [-0.25, -0.2) is 4.79 Å². The third-order valence-electron chi connectivity index (χ3n) is 4.70. The molecular weight excluding hydrogens is 438 g/mol. The van der Waals surface area contributed by atoms with Crippen LogP contribution < -0.4 is 27.4 Å². The number of hydrogen-bond acceptors (Lipinski definition) is 8. The minimum atomic E-state index is -1.71. The zero-order valence-electron chi connectivity index (χ0n) is 19.2. The smallest absolute Gasteiger partial charge is 0.328 e. The number of nitrogens with two attached hydrogens (primary N) is 2. The van der Waals surface area contributed by atoms with Gasteiger partial charge in [-0.05, 0) is 45.1 Å². The number of carboxylic acids is 2. The lowest BCUT2D eigenvalue weighted by atomic mass is 10.0. The van der Waals surface area contributed by atoms with Crippen LogP contribution in [0.5, 0.6) is 0 Å². The Hall–Kier alpha value is -2.77. The fourth-order valence-electron chi connectivity index (χ4n) is 2.95. The molecule has 0 aliphatic rings. The molecule has 0 aromatic carbocycles. The number of aliphatic carboxylic acids is 2. The molecule has 10 N–H and O–H groups in total. The molecule has 0 bridgehead atoms. The lowest BCUT2D eigenvalue weighted by molar-refractivity contribution is -0.146. The van der Waals surface area contributed by atoms with Crippen molar-refractivity contribution in [3.8, 4) is 0 Å². The molecule has 0 spiro atoms. The van der Waals surface area contributed by atoms with Crippen molar-refractivity contribution < 1.29 is 39.3 Å². The second-order valence-electron chi connectivity index (χ2n) is 8.31. The first-order chi connectivity index (χ1) is 15.3. The van der Waals surface area contributed by atoms with E-state index < -0.39 is 66.4 Å². The summed E-state index contributed by atoms with van der Waals surface area (Å²) in [5.41, 5.74) is 11.3. The Kier molecular flexibility index (Phi) is 13.9. The van der Waals surface area contributed by atoms with E-state index in [0.29, 0.717) is 25.8 Å². The van der Waals surface area contributed by atoms with Gasteiger partial charge >= 0.3 is 11.9 Å². The highest BCUT2D eigenvalue weighted by Crippen LogP contribution is 2.07. The number of rotatable bonds is 16. The summed E-state index contributed by atoms with van der Waals surface area (Å²) in [6.45, 7) is 5.25. The maximum atomic E-state index is 12.8. The van der Waals surface area contributed by atoms with Crippen molar-refractivity contribution in [3.63, 3.8) is 0 Å². The molecule has 0 aliphatic carbocycles. The summed E-state index contributed by atoms with van der Waals surface area (Å²) in [5, 5.41) is 34.5. The van der Waals surface area contributed by atoms with E-state index in [1.807, 2.05) is 19.2 Å². The first kappa shape index (κ1) is 30.2. The largest absolute Gasteiger partial charge is 0.481 e. The summed E-state index contributed by atoms with van der Waals surface area (Å²) >= 11 is 0. The van der Waals surface area contributed by atoms with Crippen LogP contribution in [0.25, 0.3) is 0 Å². The van der Waals surface area contributed by atoms with Gasteiger partial charge in [0.25, 0.3) is 0 Å². The fourth-order valence-corrected chi connectivity index (χ4v) is 2.95. The Bertz CT molecular complexity index is 685. The van der Waals surface area contributed by atoms with Gasteiger partial charge in [-0.15, -0.1) is 0 Å². The van der Waals surface area contributed by atoms with Crippen LogP contribution in [0.15, 0.2) is 0 Å². The first-order valence-corrected chi connectivity index (χ1v) is 10.8. The summed E-state index contributed by atoms with van der Waals surface area (Å²) in [5.74, 6) is -5.34. The summed E-state index contributed by atoms with van der Waals surface area (Å²) in [4.78, 5) is 60.1. The minimum absolute atomic E-state index is 0.134. The maximum Gasteiger partial charge on any atom is 0.328 e. The van der Waals surface area contributed by atoms with Gasteiger partial charge in [-0.1, -0.05) is 13.8 Å². The van der Waals surface area contributed by atoms with E-state index in [-0.39, 0.29) is 12.3 Å². The zero-order chi connectivity index (χ0) is 25.7. The van der Waals surface area contributed by atoms with Gasteiger partial charge < -0.3 is 42.7 Å². The monoisotopic (exact) mass is 475 g/mol. The molecule has 0 aromatic rings. The summed E-state index contributed by atoms with van der Waals surface area (Å²) in [7, 11) is 0. The zero-order valence-corrected chi connectivity index (χ0v) is 19.2. The van der Waals surface area contributed by atoms with Crippen LogP contribution in [0, 0.1) is 5.92 Å². The molecule has 13 heteroatoms. The molecule has 0 aliphatic heterocycles. The molecule has 3 amide bonds. The van der Waals surface area contributed by atoms with Crippen LogP contribution in [0.2, 0.25) is 0 Å². The van der Waals surface area contributed by atoms with E-state index in [1.54, 1.807) is 0 Å². The molecule has 33 heavy (non-hydrogen) atoms. The predicted molar refractivity (Wildman–Crippen MR) is 118 cm³/mol. The summed E-state index contributed by atoms with van der Waals surface area (Å²) in [6.07, 6.45) is -0.754. The van der Waals surface area contributed by atoms with Crippen LogP contribution in [0.4, 0.5) is 0 Å². The second kappa shape index (κ2) is 15.1. The van der Waals surface area contributed by atoms with Gasteiger partial charge in [0.15, 0.2) is 6.04 Å². The number of carboxylic acid groups (broad SMARTS) is 2. The molecule has 0 rings (SSSR count). The van der Waals surface area contributed by atoms with Gasteiger partial charge in [0.2, 0.25) is 17.7 Å². The van der Waals surface area contributed by atoms with Crippen LogP contribution >= 0.6 is 0 Å². The van der Waals surface area contributed by atoms with Crippen LogP contribution in [-0.4, -0.2) is 81.8 Å². The van der Waals surface area contributed by atoms with Gasteiger partial charge in [0.05, 0.1) is 18.6 Å². The topological polar surface area (TPSA) is 234 Å². The molecular formula is C20H37N5O8. The van der Waals surface area contributed by atoms with Crippen LogP contribution in [0.1, 0.15) is 52.9 Å². The molecule has 0 fully saturated rings. The normalized spacial score (nSPS) is 15.6. The van der Waals surface area contributed by atoms with Crippen LogP contribution in [-0.2, 0) is 24.0 Å². The van der Waals surface area contributed by atoms with E-state index in [4.69, 9.17) is 21.7 Å². The summed E-state index contributed by atoms with van der Waals surface area (Å²) in [6, 6.07) is -5.33. The Morgan fingerprint density at radius 1 is 0.848 bits per heavy atom. The molecule has 0 heterocycles. The van der Waals surface area contributed by atoms with Gasteiger partial charge in [-0.2, -0.15) is 0 Å². The highest BCUT2D eigenvalue weighted by molar-refractivity contribution is 5.95. The lowest BCUT2D eigenvalue weighted by Crippen LogP contribution is -2.58. The molecule has 0 radical (unpaired) electrons. The van der Waals surface area contributed by atoms with E-state index in [2.05, 4.69) is 10.6 Å². The number of carbonyl (C=O) groups excluding carboxylic acids is 3. The van der Waals surface area contributed by atoms with E-state index in [1.165, 1.54) is 0 Å². The van der Waals surface area contributed by atoms with Gasteiger partial charge in [0, 0.05) is 0 Å². The molecule has 0 saturated heterocycles. The Labute approximate surface area is 192 Å². The molecule has 190 valence electrons. The van der Waals surface area contributed by atoms with Crippen molar-refractivity contribution in [2.45, 2.75) is 83.1 Å². The fraction of sp³-hybridized carbons (Fsp3) is 0.750. The third-order valence-corrected chi connectivity index (χ3v) is 4.70. The lowest BCUT2D eigenvalue weighted by Gasteiger charge is -2.25. The van der Waals surface area contributed by atoms with E-state index in [9.17, 15) is 29.1 Å². The standard InChI is InChI=1S/C20H37N5O8/c1-10(2)8-12(22)17(29)23-13(6-4-5-7-21)18(30)24-14(9-15(27)28)19(31)25-16(11(3)26)20(32)33/h10-14,16,26H,4-9,21-22H2,1-3H3,(H,23,29)(H,24,30)(H,25,31)(H,27,28)(H,32,33). The molecule has 0 saturated carbocycles. The SMILES string of the molecule is CC(C)CC(N)C(=O)NC(CCCCN)C(=O)NC(CC(=O)O)C(=O)NC(C(=O)O)C(C)O. The Balaban J connectivity index is 5.51. The number of amides is 3. The first-order valence-electron chi connectivity index (χ1n) is 10.8. The number of carbonyl (C=O) groups is 5. The number of hydrogen-bond donors (Lipinski definition) is 8. The summed E-state index contributed by atoms with van der Waals surface area (Å²) < 4.78 is 0. The number of aliphatic hydroxyl groups is 1. The van der Waals surface area contributed by atoms with Gasteiger partial charge in [-0.3, -0.25) is 19.2 Å². The molecule has 5 atom stereocenters. The minimum Gasteiger partial charge on any atom is -0.481 e. The number of nitrogens with one attached hydrogen (secondary N) is 3. The highest BCUT2D eigenvalue weighted by atomic mass is 16.4. The average Bonchev–Trinajstić information content (AvgIpc) is 2.68. The maximum absolute atomic E-state index is 12.8. The Morgan fingerprint density at radius 3 is 1.85 bits per heavy atom. The van der Waals surface area contributed by atoms with Crippen molar-refractivity contribution in [3.05, 3.63) is 0 Å². The number of unbranched alkanes of at least 4 members (excludes halogenated alkanes) is 1. The van der Waals surface area contributed by atoms with E-state index in [0.717, 1.165) is 6.92 Å². The highest BCUT2D eigenvalue weighted by Gasteiger charge is 2.32. The van der Waals surface area contributed by atoms with Crippen molar-refractivity contribution in [2.75, 3.05) is 6.54 Å². The van der Waals surface area contributed by atoms with Gasteiger partial charge in [0.1, 0.15) is 12.1 Å². The molecule has 5 unspecified atom stereocenters. The van der Waals surface area contributed by atoms with Crippen molar-refractivity contribution in [2.24, 2.45) is 17.4 Å². The molecule has 13 nitrogen and oxygen atoms in total. The number of aliphatic hydroxyl groups excluding tert-OH is 1. The predicted octanol–water partition coefficient (Wildman–Crippen LogP) is -2.12. The van der Waals surface area contributed by atoms with Crippen molar-refractivity contribution in [1.29, 1.82) is 0 Å². The quantitative estimate of drug-likeness (QED) is 0.113.